The Morgan fingerprint density at radius 2 is 1.41 bits per heavy atom. The van der Waals surface area contributed by atoms with Gasteiger partial charge in [0.15, 0.2) is 0 Å². The monoisotopic (exact) mass is 371 g/mol. The second-order valence-electron chi connectivity index (χ2n) is 6.01. The number of carboxylic acids is 2. The molecule has 2 atom stereocenters. The van der Waals surface area contributed by atoms with E-state index < -0.39 is 30.1 Å². The lowest BCUT2D eigenvalue weighted by atomic mass is 10.0. The summed E-state index contributed by atoms with van der Waals surface area (Å²) in [6.45, 7) is 1.17. The van der Waals surface area contributed by atoms with Crippen LogP contribution in [0.25, 0.3) is 0 Å². The number of hydrogen-bond acceptors (Lipinski definition) is 4. The Bertz CT molecular complexity index is 778. The van der Waals surface area contributed by atoms with E-state index in [9.17, 15) is 24.6 Å². The molecule has 7 nitrogen and oxygen atoms in total. The minimum Gasteiger partial charge on any atom is -0.480 e. The third kappa shape index (κ3) is 5.57. The van der Waals surface area contributed by atoms with Crippen molar-refractivity contribution >= 4 is 18.0 Å². The van der Waals surface area contributed by atoms with E-state index in [1.165, 1.54) is 6.92 Å². The molecule has 0 aliphatic rings. The van der Waals surface area contributed by atoms with Crippen molar-refractivity contribution in [1.29, 1.82) is 0 Å². The Balaban J connectivity index is 2.23. The minimum atomic E-state index is -1.37. The smallest absolute Gasteiger partial charge is 0.411 e. The van der Waals surface area contributed by atoms with E-state index in [0.717, 1.165) is 4.90 Å². The van der Waals surface area contributed by atoms with Gasteiger partial charge in [-0.3, -0.25) is 4.90 Å². The number of nitrogens with zero attached hydrogens (tertiary/aromatic N) is 1. The predicted molar refractivity (Wildman–Crippen MR) is 97.1 cm³/mol. The maximum Gasteiger partial charge on any atom is 0.411 e. The largest absolute Gasteiger partial charge is 0.480 e. The molecule has 142 valence electrons. The molecule has 0 saturated heterocycles. The molecule has 0 aliphatic carbocycles. The molecule has 0 aromatic heterocycles. The SMILES string of the molecule is CC(C(=O)O)N(C(=O)OCc1ccccc1)[C@@H](Cc1ccccc1)C(=O)O. The van der Waals surface area contributed by atoms with Gasteiger partial charge in [0.2, 0.25) is 0 Å². The Hall–Kier alpha value is -3.35. The van der Waals surface area contributed by atoms with Crippen LogP contribution in [0.1, 0.15) is 18.1 Å². The fourth-order valence-electron chi connectivity index (χ4n) is 2.61. The summed E-state index contributed by atoms with van der Waals surface area (Å²) >= 11 is 0. The second-order valence-corrected chi connectivity index (χ2v) is 6.01. The molecule has 27 heavy (non-hydrogen) atoms. The summed E-state index contributed by atoms with van der Waals surface area (Å²) < 4.78 is 5.19. The van der Waals surface area contributed by atoms with Gasteiger partial charge in [0.05, 0.1) is 0 Å². The van der Waals surface area contributed by atoms with E-state index >= 15 is 0 Å². The number of carbonyl (C=O) groups excluding carboxylic acids is 1. The van der Waals surface area contributed by atoms with Crippen LogP contribution in [0.15, 0.2) is 60.7 Å². The molecule has 0 saturated carbocycles. The highest BCUT2D eigenvalue weighted by Crippen LogP contribution is 2.16. The van der Waals surface area contributed by atoms with Crippen LogP contribution in [-0.2, 0) is 27.4 Å². The van der Waals surface area contributed by atoms with Crippen molar-refractivity contribution < 1.29 is 29.3 Å². The van der Waals surface area contributed by atoms with Crippen LogP contribution in [0.4, 0.5) is 4.79 Å². The zero-order valence-corrected chi connectivity index (χ0v) is 14.8. The molecule has 0 fully saturated rings. The number of aliphatic carboxylic acids is 2. The summed E-state index contributed by atoms with van der Waals surface area (Å²) in [6, 6.07) is 14.8. The zero-order chi connectivity index (χ0) is 19.8. The number of amides is 1. The van der Waals surface area contributed by atoms with Crippen molar-refractivity contribution in [3.05, 3.63) is 71.8 Å². The first kappa shape index (κ1) is 20.0. The van der Waals surface area contributed by atoms with Crippen molar-refractivity contribution in [3.8, 4) is 0 Å². The van der Waals surface area contributed by atoms with Crippen molar-refractivity contribution in [1.82, 2.24) is 4.90 Å². The fraction of sp³-hybridized carbons (Fsp3) is 0.250. The standard InChI is InChI=1S/C20H21NO6/c1-14(18(22)23)21(20(26)27-13-16-10-6-3-7-11-16)17(19(24)25)12-15-8-4-2-5-9-15/h2-11,14,17H,12-13H2,1H3,(H,22,23)(H,24,25)/t14?,17-/m0/s1. The topological polar surface area (TPSA) is 104 Å². The number of hydrogen-bond donors (Lipinski definition) is 2. The molecule has 0 spiro atoms. The van der Waals surface area contributed by atoms with Gasteiger partial charge in [0.25, 0.3) is 0 Å². The first-order chi connectivity index (χ1) is 12.9. The van der Waals surface area contributed by atoms with Crippen LogP contribution in [0.3, 0.4) is 0 Å². The highest BCUT2D eigenvalue weighted by molar-refractivity contribution is 5.85. The Morgan fingerprint density at radius 1 is 0.889 bits per heavy atom. The molecule has 2 N–H and O–H groups in total. The van der Waals surface area contributed by atoms with Crippen LogP contribution in [0.2, 0.25) is 0 Å². The average molecular weight is 371 g/mol. The summed E-state index contributed by atoms with van der Waals surface area (Å²) in [5.74, 6) is -2.62. The molecular weight excluding hydrogens is 350 g/mol. The van der Waals surface area contributed by atoms with Crippen LogP contribution >= 0.6 is 0 Å². The normalized spacial score (nSPS) is 12.6. The number of ether oxygens (including phenoxy) is 1. The summed E-state index contributed by atoms with van der Waals surface area (Å²) in [5.41, 5.74) is 1.38. The van der Waals surface area contributed by atoms with Gasteiger partial charge < -0.3 is 14.9 Å². The van der Waals surface area contributed by atoms with Gasteiger partial charge in [0, 0.05) is 6.42 Å². The van der Waals surface area contributed by atoms with E-state index in [4.69, 9.17) is 4.74 Å². The zero-order valence-electron chi connectivity index (χ0n) is 14.8. The van der Waals surface area contributed by atoms with E-state index in [2.05, 4.69) is 0 Å². The minimum absolute atomic E-state index is 0.0335. The molecule has 2 aromatic carbocycles. The molecule has 2 rings (SSSR count). The molecule has 0 heterocycles. The Morgan fingerprint density at radius 3 is 1.89 bits per heavy atom. The van der Waals surface area contributed by atoms with E-state index in [0.29, 0.717) is 11.1 Å². The van der Waals surface area contributed by atoms with Gasteiger partial charge in [-0.1, -0.05) is 60.7 Å². The fourth-order valence-corrected chi connectivity index (χ4v) is 2.61. The Kier molecular flexibility index (Phi) is 6.93. The van der Waals surface area contributed by atoms with Gasteiger partial charge in [-0.25, -0.2) is 14.4 Å². The molecule has 2 aromatic rings. The summed E-state index contributed by atoms with van der Waals surface area (Å²) in [6.07, 6.45) is -1.02. The molecular formula is C20H21NO6. The number of carbonyl (C=O) groups is 3. The lowest BCUT2D eigenvalue weighted by Crippen LogP contribution is -2.53. The lowest BCUT2D eigenvalue weighted by molar-refractivity contribution is -0.148. The quantitative estimate of drug-likeness (QED) is 0.739. The Labute approximate surface area is 156 Å². The maximum absolute atomic E-state index is 12.6. The van der Waals surface area contributed by atoms with Crippen LogP contribution in [-0.4, -0.2) is 45.2 Å². The van der Waals surface area contributed by atoms with Gasteiger partial charge in [-0.2, -0.15) is 0 Å². The number of carboxylic acid groups (broad SMARTS) is 2. The molecule has 7 heteroatoms. The summed E-state index contributed by atoms with van der Waals surface area (Å²) in [7, 11) is 0. The van der Waals surface area contributed by atoms with Crippen molar-refractivity contribution in [2.75, 3.05) is 0 Å². The molecule has 0 radical (unpaired) electrons. The molecule has 0 aliphatic heterocycles. The van der Waals surface area contributed by atoms with Crippen molar-refractivity contribution in [2.45, 2.75) is 32.0 Å². The van der Waals surface area contributed by atoms with Crippen molar-refractivity contribution in [3.63, 3.8) is 0 Å². The highest BCUT2D eigenvalue weighted by Gasteiger charge is 2.37. The molecule has 0 bridgehead atoms. The maximum atomic E-state index is 12.6. The van der Waals surface area contributed by atoms with E-state index in [1.807, 2.05) is 6.07 Å². The van der Waals surface area contributed by atoms with Crippen LogP contribution < -0.4 is 0 Å². The van der Waals surface area contributed by atoms with Crippen molar-refractivity contribution in [2.24, 2.45) is 0 Å². The van der Waals surface area contributed by atoms with Gasteiger partial charge in [-0.15, -0.1) is 0 Å². The van der Waals surface area contributed by atoms with Gasteiger partial charge in [-0.05, 0) is 18.1 Å². The molecule has 1 amide bonds. The highest BCUT2D eigenvalue weighted by atomic mass is 16.6. The lowest BCUT2D eigenvalue weighted by Gasteiger charge is -2.31. The first-order valence-corrected chi connectivity index (χ1v) is 8.38. The van der Waals surface area contributed by atoms with Crippen LogP contribution in [0.5, 0.6) is 0 Å². The van der Waals surface area contributed by atoms with Gasteiger partial charge in [0.1, 0.15) is 18.7 Å². The summed E-state index contributed by atoms with van der Waals surface area (Å²) in [5, 5.41) is 19.0. The number of benzene rings is 2. The van der Waals surface area contributed by atoms with Gasteiger partial charge >= 0.3 is 18.0 Å². The third-order valence-electron chi connectivity index (χ3n) is 4.08. The molecule has 1 unspecified atom stereocenters. The first-order valence-electron chi connectivity index (χ1n) is 8.38. The summed E-state index contributed by atoms with van der Waals surface area (Å²) in [4.78, 5) is 36.6. The number of rotatable bonds is 8. The average Bonchev–Trinajstić information content (AvgIpc) is 2.67. The third-order valence-corrected chi connectivity index (χ3v) is 4.08. The predicted octanol–water partition coefficient (Wildman–Crippen LogP) is 2.79. The van der Waals surface area contributed by atoms with E-state index in [1.54, 1.807) is 54.6 Å². The second kappa shape index (κ2) is 9.38. The van der Waals surface area contributed by atoms with E-state index in [-0.39, 0.29) is 13.0 Å². The van der Waals surface area contributed by atoms with Crippen LogP contribution in [0, 0.1) is 0 Å².